The Kier molecular flexibility index (Phi) is 10.5. The van der Waals surface area contributed by atoms with E-state index >= 15 is 0 Å². The van der Waals surface area contributed by atoms with Gasteiger partial charge in [-0.1, -0.05) is 56.7 Å². The molecule has 1 aromatic carbocycles. The first kappa shape index (κ1) is 38.2. The molecule has 15 heteroatoms. The van der Waals surface area contributed by atoms with E-state index < -0.39 is 58.3 Å². The molecule has 4 N–H and O–H groups in total. The van der Waals surface area contributed by atoms with Gasteiger partial charge in [0.2, 0.25) is 17.6 Å². The highest BCUT2D eigenvalue weighted by molar-refractivity contribution is 7.91. The molecule has 2 unspecified atom stereocenters. The molecule has 7 rings (SSSR count). The number of hydrogen-bond donors (Lipinski definition) is 4. The van der Waals surface area contributed by atoms with Gasteiger partial charge in [0.15, 0.2) is 0 Å². The van der Waals surface area contributed by atoms with Crippen LogP contribution in [0.5, 0.6) is 0 Å². The molecule has 2 heterocycles. The number of carbonyl (C=O) groups is 5. The summed E-state index contributed by atoms with van der Waals surface area (Å²) in [4.78, 5) is 69.1. The lowest BCUT2D eigenvalue weighted by Gasteiger charge is -2.34. The molecule has 0 spiro atoms. The van der Waals surface area contributed by atoms with Gasteiger partial charge in [0.1, 0.15) is 16.3 Å². The van der Waals surface area contributed by atoms with Gasteiger partial charge < -0.3 is 26.2 Å². The van der Waals surface area contributed by atoms with E-state index in [9.17, 15) is 32.4 Å². The van der Waals surface area contributed by atoms with Crippen molar-refractivity contribution in [3.8, 4) is 0 Å². The van der Waals surface area contributed by atoms with Gasteiger partial charge in [-0.05, 0) is 83.8 Å². The Morgan fingerprint density at radius 1 is 1.02 bits per heavy atom. The van der Waals surface area contributed by atoms with Gasteiger partial charge >= 0.3 is 6.03 Å². The van der Waals surface area contributed by atoms with Gasteiger partial charge in [-0.15, -0.1) is 17.9 Å². The number of likely N-dealkylation sites (N-methyl/N-ethyl adjacent to an activating group) is 1. The predicted octanol–water partition coefficient (Wildman–Crippen LogP) is 2.34. The largest absolute Gasteiger partial charge is 0.347 e. The number of benzene rings is 1. The van der Waals surface area contributed by atoms with Crippen LogP contribution in [0.2, 0.25) is 0 Å². The molecule has 5 aliphatic rings. The summed E-state index contributed by atoms with van der Waals surface area (Å²) in [5.74, 6) is -1.77. The Bertz CT molecular complexity index is 1900. The summed E-state index contributed by atoms with van der Waals surface area (Å²) in [6.07, 6.45) is 5.09. The predicted molar refractivity (Wildman–Crippen MR) is 203 cm³/mol. The van der Waals surface area contributed by atoms with Crippen molar-refractivity contribution in [3.05, 3.63) is 65.6 Å². The van der Waals surface area contributed by atoms with E-state index in [1.807, 2.05) is 24.3 Å². The topological polar surface area (TPSA) is 174 Å². The number of ketones is 1. The second-order valence-corrected chi connectivity index (χ2v) is 19.1. The van der Waals surface area contributed by atoms with E-state index in [0.717, 1.165) is 41.7 Å². The summed E-state index contributed by atoms with van der Waals surface area (Å²) in [6.45, 7) is 7.82. The Morgan fingerprint density at radius 3 is 2.33 bits per heavy atom. The molecule has 290 valence electrons. The first-order chi connectivity index (χ1) is 25.8. The van der Waals surface area contributed by atoms with Crippen LogP contribution in [-0.2, 0) is 42.0 Å². The number of thiophene rings is 1. The molecule has 1 saturated heterocycles. The maximum Gasteiger partial charge on any atom is 0.315 e. The fourth-order valence-electron chi connectivity index (χ4n) is 10.4. The smallest absolute Gasteiger partial charge is 0.315 e. The Hall–Kier alpha value is -4.08. The van der Waals surface area contributed by atoms with Gasteiger partial charge in [-0.2, -0.15) is 4.31 Å². The molecule has 2 aromatic rings. The molecule has 0 bridgehead atoms. The van der Waals surface area contributed by atoms with Crippen molar-refractivity contribution in [2.24, 2.45) is 40.9 Å². The quantitative estimate of drug-likeness (QED) is 0.159. The number of fused-ring (bicyclic) bond motifs is 3. The fourth-order valence-corrected chi connectivity index (χ4v) is 12.7. The molecule has 7 atom stereocenters. The zero-order valence-electron chi connectivity index (χ0n) is 31.0. The monoisotopic (exact) mass is 778 g/mol. The molecular weight excluding hydrogens is 729 g/mol. The van der Waals surface area contributed by atoms with Gasteiger partial charge in [0, 0.05) is 32.1 Å². The molecule has 0 radical (unpaired) electrons. The molecule has 54 heavy (non-hydrogen) atoms. The molecule has 13 nitrogen and oxygen atoms in total. The molecule has 3 saturated carbocycles. The standard InChI is InChI=1S/C39H50N6O7S2/c1-5-15-40-35(47)29(46)19-41-36(48)34-28-13-8-12-26(28)20-45(34)37(49)33(27-17-24-10-6-7-11-25(24)18-27)43-38(50)42-30(39-22(2)32(39)23(39)3)21-44(4)54(51,52)31-14-9-16-53-31/h5-7,9-11,14,16,22-23,26-28,30,32-34H,1,8,12-13,15,17-21H2,2-4H3,(H,40,47)(H,41,48)(H2,42,43,50)/t22?,23?,26-,28-,30+,32?,33-,34-,39?/m0/s1. The van der Waals surface area contributed by atoms with E-state index in [2.05, 4.69) is 41.7 Å². The average Bonchev–Trinajstić information content (AvgIpc) is 3.61. The number of amides is 5. The van der Waals surface area contributed by atoms with Crippen LogP contribution in [0.3, 0.4) is 0 Å². The van der Waals surface area contributed by atoms with E-state index in [-0.39, 0.29) is 46.4 Å². The molecule has 5 amide bonds. The van der Waals surface area contributed by atoms with Crippen molar-refractivity contribution >= 4 is 50.9 Å². The number of urea groups is 1. The normalized spacial score (nSPS) is 29.0. The SMILES string of the molecule is C=CCNC(=O)C(=O)CNC(=O)[C@@H]1[C@H]2CCC[C@H]2CN1C(=O)[C@@H](NC(=O)N[C@H](CN(C)S(=O)(=O)c1cccs1)C12C(C)C1C2C)C1Cc2ccccc2C1. The van der Waals surface area contributed by atoms with Crippen LogP contribution in [0.1, 0.15) is 44.2 Å². The number of hydrogen-bond acceptors (Lipinski definition) is 8. The van der Waals surface area contributed by atoms with Crippen LogP contribution in [-0.4, -0.2) is 98.5 Å². The minimum atomic E-state index is -3.77. The lowest BCUT2D eigenvalue weighted by molar-refractivity contribution is -0.142. The highest BCUT2D eigenvalue weighted by Crippen LogP contribution is 2.85. The number of sulfonamides is 1. The van der Waals surface area contributed by atoms with Crippen LogP contribution in [0, 0.1) is 40.9 Å². The number of Topliss-reactive ketones (excluding diaryl/α,β-unsaturated/α-hetero) is 1. The van der Waals surface area contributed by atoms with Crippen molar-refractivity contribution in [2.75, 3.05) is 33.2 Å². The van der Waals surface area contributed by atoms with Gasteiger partial charge in [0.05, 0.1) is 12.6 Å². The maximum atomic E-state index is 14.9. The van der Waals surface area contributed by atoms with Crippen LogP contribution in [0.4, 0.5) is 4.79 Å². The molecule has 4 aliphatic carbocycles. The first-order valence-corrected chi connectivity index (χ1v) is 21.3. The van der Waals surface area contributed by atoms with Crippen LogP contribution in [0.25, 0.3) is 0 Å². The Morgan fingerprint density at radius 2 is 1.72 bits per heavy atom. The van der Waals surface area contributed by atoms with Crippen LogP contribution < -0.4 is 21.3 Å². The third kappa shape index (κ3) is 6.76. The zero-order chi connectivity index (χ0) is 38.5. The van der Waals surface area contributed by atoms with E-state index in [1.165, 1.54) is 17.4 Å². The van der Waals surface area contributed by atoms with Crippen molar-refractivity contribution in [1.82, 2.24) is 30.5 Å². The minimum Gasteiger partial charge on any atom is -0.347 e. The zero-order valence-corrected chi connectivity index (χ0v) is 32.6. The number of nitrogens with one attached hydrogen (secondary N) is 4. The Labute approximate surface area is 320 Å². The summed E-state index contributed by atoms with van der Waals surface area (Å²) in [6, 6.07) is 8.34. The summed E-state index contributed by atoms with van der Waals surface area (Å²) in [7, 11) is -2.24. The minimum absolute atomic E-state index is 0.0778. The summed E-state index contributed by atoms with van der Waals surface area (Å²) >= 11 is 1.15. The van der Waals surface area contributed by atoms with E-state index in [0.29, 0.717) is 37.1 Å². The van der Waals surface area contributed by atoms with Crippen molar-refractivity contribution in [1.29, 1.82) is 0 Å². The molecule has 1 aliphatic heterocycles. The average molecular weight is 779 g/mol. The summed E-state index contributed by atoms with van der Waals surface area (Å²) < 4.78 is 28.4. The highest BCUT2D eigenvalue weighted by atomic mass is 32.2. The first-order valence-electron chi connectivity index (χ1n) is 18.9. The van der Waals surface area contributed by atoms with Gasteiger partial charge in [-0.3, -0.25) is 19.2 Å². The number of rotatable bonds is 15. The van der Waals surface area contributed by atoms with Crippen molar-refractivity contribution < 1.29 is 32.4 Å². The van der Waals surface area contributed by atoms with Crippen LogP contribution >= 0.6 is 11.3 Å². The van der Waals surface area contributed by atoms with E-state index in [4.69, 9.17) is 0 Å². The van der Waals surface area contributed by atoms with E-state index in [1.54, 1.807) is 22.4 Å². The van der Waals surface area contributed by atoms with Crippen molar-refractivity contribution in [2.45, 2.75) is 68.3 Å². The molecule has 1 aromatic heterocycles. The molecule has 4 fully saturated rings. The number of carbonyl (C=O) groups excluding carboxylic acids is 5. The molecular formula is C39H50N6O7S2. The summed E-state index contributed by atoms with van der Waals surface area (Å²) in [5, 5.41) is 12.9. The third-order valence-electron chi connectivity index (χ3n) is 13.2. The van der Waals surface area contributed by atoms with Gasteiger partial charge in [0.25, 0.3) is 15.9 Å². The lowest BCUT2D eigenvalue weighted by atomic mass is 9.91. The maximum absolute atomic E-state index is 14.9. The van der Waals surface area contributed by atoms with Gasteiger partial charge in [-0.25, -0.2) is 13.2 Å². The summed E-state index contributed by atoms with van der Waals surface area (Å²) in [5.41, 5.74) is 1.97. The number of likely N-dealkylation sites (tertiary alicyclic amines) is 1. The second kappa shape index (κ2) is 14.9. The van der Waals surface area contributed by atoms with Crippen LogP contribution in [0.15, 0.2) is 58.6 Å². The number of nitrogens with zero attached hydrogens (tertiary/aromatic N) is 2. The second-order valence-electron chi connectivity index (χ2n) is 15.8. The lowest BCUT2D eigenvalue weighted by Crippen LogP contribution is -2.60. The fraction of sp³-hybridized carbons (Fsp3) is 0.564. The highest BCUT2D eigenvalue weighted by Gasteiger charge is 2.85. The van der Waals surface area contributed by atoms with Crippen molar-refractivity contribution in [3.63, 3.8) is 0 Å². The Balaban J connectivity index is 1.11. The third-order valence-corrected chi connectivity index (χ3v) is 16.4.